The number of methoxy groups -OCH3 is 1. The molecule has 0 heterocycles. The van der Waals surface area contributed by atoms with Crippen molar-refractivity contribution >= 4 is 5.97 Å². The lowest BCUT2D eigenvalue weighted by atomic mass is 9.93. The summed E-state index contributed by atoms with van der Waals surface area (Å²) in [5.41, 5.74) is 7.81. The average molecular weight is 431 g/mol. The average Bonchev–Trinajstić information content (AvgIpc) is 2.77. The Morgan fingerprint density at radius 1 is 0.781 bits per heavy atom. The maximum absolute atomic E-state index is 11.7. The van der Waals surface area contributed by atoms with Crippen LogP contribution in [0.25, 0.3) is 11.1 Å². The molecule has 1 unspecified atom stereocenters. The fraction of sp³-hybridized carbons (Fsp3) is 0.345. The van der Waals surface area contributed by atoms with E-state index in [1.54, 1.807) is 12.1 Å². The molecule has 0 saturated carbocycles. The van der Waals surface area contributed by atoms with Crippen LogP contribution in [0.5, 0.6) is 5.75 Å². The van der Waals surface area contributed by atoms with Gasteiger partial charge in [0.25, 0.3) is 0 Å². The minimum absolute atomic E-state index is 0.114. The standard InChI is InChI=1S/C29H34O3/c1-18(2)22-8-10-23(11-9-22)27-20(5)16-26(17-21(27)6)32-28(19(3)4)24-12-14-25(15-13-24)29(30)31-7/h8-19,28H,1-7H3. The van der Waals surface area contributed by atoms with Crippen LogP contribution in [0.4, 0.5) is 0 Å². The third-order valence-electron chi connectivity index (χ3n) is 5.90. The van der Waals surface area contributed by atoms with Gasteiger partial charge in [0.2, 0.25) is 0 Å². The maximum atomic E-state index is 11.7. The van der Waals surface area contributed by atoms with E-state index in [-0.39, 0.29) is 18.0 Å². The van der Waals surface area contributed by atoms with Gasteiger partial charge in [-0.3, -0.25) is 0 Å². The molecule has 0 radical (unpaired) electrons. The van der Waals surface area contributed by atoms with E-state index in [0.29, 0.717) is 11.5 Å². The SMILES string of the molecule is COC(=O)c1ccc(C(Oc2cc(C)c(-c3ccc(C(C)C)cc3)c(C)c2)C(C)C)cc1. The molecule has 168 valence electrons. The number of ether oxygens (including phenoxy) is 2. The molecule has 0 aliphatic rings. The first-order valence-electron chi connectivity index (χ1n) is 11.3. The summed E-state index contributed by atoms with van der Waals surface area (Å²) in [4.78, 5) is 11.7. The summed E-state index contributed by atoms with van der Waals surface area (Å²) >= 11 is 0. The predicted molar refractivity (Wildman–Crippen MR) is 131 cm³/mol. The van der Waals surface area contributed by atoms with E-state index in [1.165, 1.54) is 34.9 Å². The van der Waals surface area contributed by atoms with E-state index in [0.717, 1.165) is 11.3 Å². The molecule has 0 aromatic heterocycles. The molecule has 0 aliphatic heterocycles. The second-order valence-electron chi connectivity index (χ2n) is 9.10. The summed E-state index contributed by atoms with van der Waals surface area (Å²) in [6.07, 6.45) is -0.114. The monoisotopic (exact) mass is 430 g/mol. The van der Waals surface area contributed by atoms with E-state index < -0.39 is 0 Å². The highest BCUT2D eigenvalue weighted by Crippen LogP contribution is 2.35. The molecule has 3 aromatic rings. The highest BCUT2D eigenvalue weighted by atomic mass is 16.5. The van der Waals surface area contributed by atoms with Crippen LogP contribution >= 0.6 is 0 Å². The Kier molecular flexibility index (Phi) is 7.40. The van der Waals surface area contributed by atoms with Crippen molar-refractivity contribution in [3.63, 3.8) is 0 Å². The molecule has 0 aliphatic carbocycles. The minimum Gasteiger partial charge on any atom is -0.485 e. The lowest BCUT2D eigenvalue weighted by Crippen LogP contribution is -2.15. The van der Waals surface area contributed by atoms with Crippen LogP contribution in [0, 0.1) is 19.8 Å². The summed E-state index contributed by atoms with van der Waals surface area (Å²) < 4.78 is 11.3. The molecule has 0 bridgehead atoms. The Bertz CT molecular complexity index is 1040. The Balaban J connectivity index is 1.88. The summed E-state index contributed by atoms with van der Waals surface area (Å²) in [7, 11) is 1.39. The summed E-state index contributed by atoms with van der Waals surface area (Å²) in [5, 5.41) is 0. The molecule has 0 saturated heterocycles. The van der Waals surface area contributed by atoms with Crippen LogP contribution in [0.3, 0.4) is 0 Å². The van der Waals surface area contributed by atoms with E-state index >= 15 is 0 Å². The fourth-order valence-electron chi connectivity index (χ4n) is 4.14. The molecule has 3 nitrogen and oxygen atoms in total. The van der Waals surface area contributed by atoms with Gasteiger partial charge in [-0.05, 0) is 83.3 Å². The van der Waals surface area contributed by atoms with Crippen molar-refractivity contribution in [2.45, 2.75) is 53.6 Å². The largest absolute Gasteiger partial charge is 0.485 e. The number of benzene rings is 3. The van der Waals surface area contributed by atoms with Crippen molar-refractivity contribution in [3.8, 4) is 16.9 Å². The first-order valence-corrected chi connectivity index (χ1v) is 11.3. The lowest BCUT2D eigenvalue weighted by molar-refractivity contribution is 0.0600. The Hall–Kier alpha value is -3.07. The van der Waals surface area contributed by atoms with Crippen molar-refractivity contribution in [3.05, 3.63) is 88.5 Å². The Morgan fingerprint density at radius 2 is 1.31 bits per heavy atom. The van der Waals surface area contributed by atoms with Gasteiger partial charge in [0, 0.05) is 0 Å². The molecule has 0 amide bonds. The highest BCUT2D eigenvalue weighted by Gasteiger charge is 2.20. The van der Waals surface area contributed by atoms with Crippen molar-refractivity contribution < 1.29 is 14.3 Å². The number of esters is 1. The Morgan fingerprint density at radius 3 is 1.78 bits per heavy atom. The molecule has 3 rings (SSSR count). The van der Waals surface area contributed by atoms with Crippen molar-refractivity contribution in [1.29, 1.82) is 0 Å². The van der Waals surface area contributed by atoms with Gasteiger partial charge < -0.3 is 9.47 Å². The van der Waals surface area contributed by atoms with E-state index in [4.69, 9.17) is 9.47 Å². The zero-order valence-corrected chi connectivity index (χ0v) is 20.2. The second-order valence-corrected chi connectivity index (χ2v) is 9.10. The molecule has 3 aromatic carbocycles. The van der Waals surface area contributed by atoms with Gasteiger partial charge in [0.15, 0.2) is 0 Å². The van der Waals surface area contributed by atoms with Gasteiger partial charge in [0.05, 0.1) is 12.7 Å². The number of hydrogen-bond acceptors (Lipinski definition) is 3. The molecular formula is C29H34O3. The smallest absolute Gasteiger partial charge is 0.337 e. The molecular weight excluding hydrogens is 396 g/mol. The summed E-state index contributed by atoms with van der Waals surface area (Å²) in [6, 6.07) is 20.6. The summed E-state index contributed by atoms with van der Waals surface area (Å²) in [5.74, 6) is 1.32. The van der Waals surface area contributed by atoms with Crippen LogP contribution in [0.2, 0.25) is 0 Å². The van der Waals surface area contributed by atoms with Crippen molar-refractivity contribution in [1.82, 2.24) is 0 Å². The molecule has 32 heavy (non-hydrogen) atoms. The second kappa shape index (κ2) is 10.0. The number of carbonyl (C=O) groups is 1. The molecule has 0 N–H and O–H groups in total. The van der Waals surface area contributed by atoms with Crippen molar-refractivity contribution in [2.24, 2.45) is 5.92 Å². The topological polar surface area (TPSA) is 35.5 Å². The first-order chi connectivity index (χ1) is 15.2. The number of aryl methyl sites for hydroxylation is 2. The zero-order valence-electron chi connectivity index (χ0n) is 20.2. The first kappa shape index (κ1) is 23.6. The maximum Gasteiger partial charge on any atom is 0.337 e. The lowest BCUT2D eigenvalue weighted by Gasteiger charge is -2.24. The number of hydrogen-bond donors (Lipinski definition) is 0. The van der Waals surface area contributed by atoms with Crippen LogP contribution in [-0.2, 0) is 4.74 Å². The van der Waals surface area contributed by atoms with Crippen molar-refractivity contribution in [2.75, 3.05) is 7.11 Å². The van der Waals surface area contributed by atoms with Crippen LogP contribution in [0.15, 0.2) is 60.7 Å². The zero-order chi connectivity index (χ0) is 23.4. The summed E-state index contributed by atoms with van der Waals surface area (Å²) in [6.45, 7) is 13.0. The normalized spacial score (nSPS) is 12.2. The third-order valence-corrected chi connectivity index (χ3v) is 5.90. The molecule has 3 heteroatoms. The highest BCUT2D eigenvalue weighted by molar-refractivity contribution is 5.89. The van der Waals surface area contributed by atoms with Crippen LogP contribution < -0.4 is 4.74 Å². The van der Waals surface area contributed by atoms with Gasteiger partial charge in [-0.25, -0.2) is 4.79 Å². The van der Waals surface area contributed by atoms with E-state index in [9.17, 15) is 4.79 Å². The van der Waals surface area contributed by atoms with Gasteiger partial charge in [0.1, 0.15) is 11.9 Å². The molecule has 0 fully saturated rings. The van der Waals surface area contributed by atoms with Gasteiger partial charge in [-0.1, -0.05) is 64.1 Å². The van der Waals surface area contributed by atoms with Gasteiger partial charge in [-0.2, -0.15) is 0 Å². The van der Waals surface area contributed by atoms with Gasteiger partial charge in [-0.15, -0.1) is 0 Å². The number of carbonyl (C=O) groups excluding carboxylic acids is 1. The molecule has 0 spiro atoms. The quantitative estimate of drug-likeness (QED) is 0.361. The Labute approximate surface area is 192 Å². The fourth-order valence-corrected chi connectivity index (χ4v) is 4.14. The van der Waals surface area contributed by atoms with Crippen LogP contribution in [0.1, 0.15) is 72.3 Å². The van der Waals surface area contributed by atoms with Gasteiger partial charge >= 0.3 is 5.97 Å². The molecule has 1 atom stereocenters. The minimum atomic E-state index is -0.332. The van der Waals surface area contributed by atoms with Crippen LogP contribution in [-0.4, -0.2) is 13.1 Å². The van der Waals surface area contributed by atoms with E-state index in [1.807, 2.05) is 12.1 Å². The van der Waals surface area contributed by atoms with E-state index in [2.05, 4.69) is 77.9 Å². The number of rotatable bonds is 7. The predicted octanol–water partition coefficient (Wildman–Crippen LogP) is 7.66. The third kappa shape index (κ3) is 5.21.